The van der Waals surface area contributed by atoms with E-state index in [-0.39, 0.29) is 11.6 Å². The molecule has 2 N–H and O–H groups in total. The molecule has 0 aliphatic carbocycles. The van der Waals surface area contributed by atoms with Gasteiger partial charge in [-0.25, -0.2) is 9.78 Å². The van der Waals surface area contributed by atoms with Crippen LogP contribution in [0.25, 0.3) is 0 Å². The molecule has 0 saturated carbocycles. The molecule has 2 rings (SSSR count). The number of carboxylic acids is 1. The van der Waals surface area contributed by atoms with Crippen LogP contribution in [0.1, 0.15) is 35.8 Å². The van der Waals surface area contributed by atoms with Gasteiger partial charge in [0.1, 0.15) is 5.82 Å². The van der Waals surface area contributed by atoms with E-state index in [0.29, 0.717) is 18.3 Å². The summed E-state index contributed by atoms with van der Waals surface area (Å²) in [4.78, 5) is 19.2. The average Bonchev–Trinajstić information content (AvgIpc) is 2.48. The summed E-state index contributed by atoms with van der Waals surface area (Å²) in [5.74, 6) is 0.272. The van der Waals surface area contributed by atoms with Gasteiger partial charge in [0.25, 0.3) is 0 Å². The van der Waals surface area contributed by atoms with Gasteiger partial charge in [-0.05, 0) is 29.7 Å². The number of nitrogens with one attached hydrogen (secondary N) is 1. The molecular formula is C16H19N3O2. The van der Waals surface area contributed by atoms with Crippen LogP contribution in [0, 0.1) is 5.92 Å². The number of hydrogen-bond donors (Lipinski definition) is 2. The van der Waals surface area contributed by atoms with E-state index < -0.39 is 5.97 Å². The van der Waals surface area contributed by atoms with Crippen molar-refractivity contribution < 1.29 is 9.90 Å². The molecule has 1 unspecified atom stereocenters. The second kappa shape index (κ2) is 6.83. The van der Waals surface area contributed by atoms with Crippen molar-refractivity contribution in [1.82, 2.24) is 9.97 Å². The molecule has 21 heavy (non-hydrogen) atoms. The van der Waals surface area contributed by atoms with Crippen LogP contribution < -0.4 is 5.32 Å². The van der Waals surface area contributed by atoms with Gasteiger partial charge < -0.3 is 10.4 Å². The monoisotopic (exact) mass is 285 g/mol. The normalized spacial score (nSPS) is 12.1. The molecular weight excluding hydrogens is 266 g/mol. The quantitative estimate of drug-likeness (QED) is 0.853. The molecule has 110 valence electrons. The van der Waals surface area contributed by atoms with E-state index in [1.54, 1.807) is 18.3 Å². The number of aromatic carboxylic acids is 1. The largest absolute Gasteiger partial charge is 0.477 e. The highest BCUT2D eigenvalue weighted by Crippen LogP contribution is 2.24. The number of pyridine rings is 2. The fourth-order valence-corrected chi connectivity index (χ4v) is 2.20. The molecule has 0 amide bonds. The Morgan fingerprint density at radius 3 is 2.71 bits per heavy atom. The molecule has 2 aromatic rings. The van der Waals surface area contributed by atoms with Crippen molar-refractivity contribution in [1.29, 1.82) is 0 Å². The molecule has 0 saturated heterocycles. The van der Waals surface area contributed by atoms with Crippen LogP contribution in [-0.4, -0.2) is 27.6 Å². The van der Waals surface area contributed by atoms with Crippen LogP contribution in [0.5, 0.6) is 0 Å². The average molecular weight is 285 g/mol. The molecule has 0 bridgehead atoms. The second-order valence-corrected chi connectivity index (χ2v) is 5.23. The number of carboxylic acid groups (broad SMARTS) is 1. The third kappa shape index (κ3) is 4.02. The van der Waals surface area contributed by atoms with Gasteiger partial charge in [-0.3, -0.25) is 4.98 Å². The van der Waals surface area contributed by atoms with E-state index in [2.05, 4.69) is 35.2 Å². The summed E-state index contributed by atoms with van der Waals surface area (Å²) < 4.78 is 0. The first-order valence-corrected chi connectivity index (χ1v) is 6.92. The summed E-state index contributed by atoms with van der Waals surface area (Å²) in [6.07, 6.45) is 3.62. The van der Waals surface area contributed by atoms with E-state index in [1.165, 1.54) is 6.07 Å². The molecule has 5 nitrogen and oxygen atoms in total. The molecule has 0 spiro atoms. The first-order chi connectivity index (χ1) is 10.1. The smallest absolute Gasteiger partial charge is 0.354 e. The summed E-state index contributed by atoms with van der Waals surface area (Å²) in [6, 6.07) is 8.92. The van der Waals surface area contributed by atoms with Crippen molar-refractivity contribution in [3.05, 3.63) is 54.0 Å². The third-order valence-electron chi connectivity index (χ3n) is 3.39. The van der Waals surface area contributed by atoms with E-state index in [0.717, 1.165) is 5.56 Å². The van der Waals surface area contributed by atoms with Gasteiger partial charge >= 0.3 is 5.97 Å². The Balaban J connectivity index is 2.09. The number of carbonyl (C=O) groups is 1. The van der Waals surface area contributed by atoms with Crippen molar-refractivity contribution in [3.8, 4) is 0 Å². The minimum atomic E-state index is -1.02. The Morgan fingerprint density at radius 2 is 2.10 bits per heavy atom. The summed E-state index contributed by atoms with van der Waals surface area (Å²) >= 11 is 0. The number of aromatic nitrogens is 2. The molecule has 2 aromatic heterocycles. The van der Waals surface area contributed by atoms with Crippen molar-refractivity contribution >= 4 is 11.8 Å². The van der Waals surface area contributed by atoms with Gasteiger partial charge in [0.15, 0.2) is 5.69 Å². The molecule has 2 heterocycles. The maximum Gasteiger partial charge on any atom is 0.354 e. The fraction of sp³-hybridized carbons (Fsp3) is 0.312. The number of hydrogen-bond acceptors (Lipinski definition) is 4. The first kappa shape index (κ1) is 15.0. The van der Waals surface area contributed by atoms with Crippen molar-refractivity contribution in [2.45, 2.75) is 19.8 Å². The van der Waals surface area contributed by atoms with E-state index in [9.17, 15) is 4.79 Å². The van der Waals surface area contributed by atoms with Crippen LogP contribution in [0.4, 0.5) is 5.82 Å². The zero-order valence-electron chi connectivity index (χ0n) is 12.2. The number of rotatable bonds is 6. The highest BCUT2D eigenvalue weighted by molar-refractivity contribution is 5.85. The van der Waals surface area contributed by atoms with Crippen LogP contribution in [0.2, 0.25) is 0 Å². The minimum absolute atomic E-state index is 0.0440. The minimum Gasteiger partial charge on any atom is -0.477 e. The van der Waals surface area contributed by atoms with Crippen LogP contribution in [0.15, 0.2) is 42.7 Å². The van der Waals surface area contributed by atoms with Gasteiger partial charge in [0.05, 0.1) is 0 Å². The number of anilines is 1. The maximum absolute atomic E-state index is 10.9. The lowest BCUT2D eigenvalue weighted by Crippen LogP contribution is -2.18. The van der Waals surface area contributed by atoms with Gasteiger partial charge in [-0.15, -0.1) is 0 Å². The molecule has 0 fully saturated rings. The number of nitrogens with zero attached hydrogens (tertiary/aromatic N) is 2. The highest BCUT2D eigenvalue weighted by atomic mass is 16.4. The van der Waals surface area contributed by atoms with Crippen LogP contribution >= 0.6 is 0 Å². The Bertz CT molecular complexity index is 599. The fourth-order valence-electron chi connectivity index (χ4n) is 2.20. The zero-order chi connectivity index (χ0) is 15.2. The molecule has 0 aromatic carbocycles. The Labute approximate surface area is 124 Å². The van der Waals surface area contributed by atoms with Gasteiger partial charge in [0.2, 0.25) is 0 Å². The Kier molecular flexibility index (Phi) is 4.87. The molecule has 0 aliphatic rings. The summed E-state index contributed by atoms with van der Waals surface area (Å²) in [5, 5.41) is 12.2. The summed E-state index contributed by atoms with van der Waals surface area (Å²) in [5.41, 5.74) is 1.21. The maximum atomic E-state index is 10.9. The Hall–Kier alpha value is -2.43. The van der Waals surface area contributed by atoms with Crippen molar-refractivity contribution in [3.63, 3.8) is 0 Å². The molecule has 0 radical (unpaired) electrons. The lowest BCUT2D eigenvalue weighted by atomic mass is 9.89. The predicted octanol–water partition coefficient (Wildman–Crippen LogP) is 3.03. The highest BCUT2D eigenvalue weighted by Gasteiger charge is 2.16. The summed E-state index contributed by atoms with van der Waals surface area (Å²) in [6.45, 7) is 4.99. The second-order valence-electron chi connectivity index (χ2n) is 5.23. The third-order valence-corrected chi connectivity index (χ3v) is 3.39. The summed E-state index contributed by atoms with van der Waals surface area (Å²) in [7, 11) is 0. The van der Waals surface area contributed by atoms with Gasteiger partial charge in [-0.1, -0.05) is 26.0 Å². The standard InChI is InChI=1S/C16H19N3O2/c1-11(2)13(12-5-4-8-17-9-12)10-18-15-7-3-6-14(19-15)16(20)21/h3-9,11,13H,10H2,1-2H3,(H,18,19)(H,20,21). The SMILES string of the molecule is CC(C)C(CNc1cccc(C(=O)O)n1)c1cccnc1. The zero-order valence-corrected chi connectivity index (χ0v) is 12.2. The lowest BCUT2D eigenvalue weighted by Gasteiger charge is -2.21. The van der Waals surface area contributed by atoms with Gasteiger partial charge in [0, 0.05) is 24.9 Å². The van der Waals surface area contributed by atoms with Crippen molar-refractivity contribution in [2.75, 3.05) is 11.9 Å². The first-order valence-electron chi connectivity index (χ1n) is 6.92. The molecule has 0 aliphatic heterocycles. The van der Waals surface area contributed by atoms with E-state index in [4.69, 9.17) is 5.11 Å². The van der Waals surface area contributed by atoms with Crippen molar-refractivity contribution in [2.24, 2.45) is 5.92 Å². The van der Waals surface area contributed by atoms with Crippen LogP contribution in [-0.2, 0) is 0 Å². The Morgan fingerprint density at radius 1 is 1.29 bits per heavy atom. The molecule has 1 atom stereocenters. The molecule has 5 heteroatoms. The predicted molar refractivity (Wildman–Crippen MR) is 81.5 cm³/mol. The lowest BCUT2D eigenvalue weighted by molar-refractivity contribution is 0.0690. The van der Waals surface area contributed by atoms with Crippen LogP contribution in [0.3, 0.4) is 0 Å². The topological polar surface area (TPSA) is 75.1 Å². The van der Waals surface area contributed by atoms with E-state index >= 15 is 0 Å². The van der Waals surface area contributed by atoms with E-state index in [1.807, 2.05) is 12.3 Å². The van der Waals surface area contributed by atoms with Gasteiger partial charge in [-0.2, -0.15) is 0 Å².